The lowest BCUT2D eigenvalue weighted by atomic mass is 10.2. The van der Waals surface area contributed by atoms with E-state index in [1.54, 1.807) is 17.4 Å². The summed E-state index contributed by atoms with van der Waals surface area (Å²) in [7, 11) is 0. The molecular weight excluding hydrogens is 377 g/mol. The van der Waals surface area contributed by atoms with Crippen LogP contribution in [0.15, 0.2) is 36.4 Å². The van der Waals surface area contributed by atoms with Crippen LogP contribution in [0.2, 0.25) is 5.02 Å². The van der Waals surface area contributed by atoms with E-state index in [1.807, 2.05) is 12.1 Å². The highest BCUT2D eigenvalue weighted by molar-refractivity contribution is 7.22. The van der Waals surface area contributed by atoms with Crippen LogP contribution in [-0.4, -0.2) is 37.2 Å². The predicted octanol–water partition coefficient (Wildman–Crippen LogP) is 4.18. The minimum Gasteiger partial charge on any atom is -0.378 e. The van der Waals surface area contributed by atoms with Crippen molar-refractivity contribution >= 4 is 49.9 Å². The molecule has 1 aliphatic rings. The van der Waals surface area contributed by atoms with Crippen molar-refractivity contribution in [1.29, 1.82) is 0 Å². The number of morpholine rings is 1. The Morgan fingerprint density at radius 2 is 2.08 bits per heavy atom. The molecule has 3 aromatic rings. The largest absolute Gasteiger partial charge is 0.378 e. The van der Waals surface area contributed by atoms with Crippen LogP contribution in [0.1, 0.15) is 10.4 Å². The quantitative estimate of drug-likeness (QED) is 0.727. The Morgan fingerprint density at radius 1 is 1.27 bits per heavy atom. The number of halogens is 2. The van der Waals surface area contributed by atoms with E-state index < -0.39 is 11.7 Å². The standard InChI is InChI=1S/C18H15ClFN3O2S/c19-12-2-1-3-13(20)16(12)17(24)21-11-4-5-14-15(10-11)26-18(22-14)23-6-8-25-9-7-23/h1-5,10H,6-9H2,(H,21,24). The number of nitrogens with one attached hydrogen (secondary N) is 1. The number of hydrogen-bond donors (Lipinski definition) is 1. The number of thiazole rings is 1. The number of carbonyl (C=O) groups is 1. The van der Waals surface area contributed by atoms with Gasteiger partial charge < -0.3 is 15.0 Å². The molecule has 5 nitrogen and oxygen atoms in total. The fourth-order valence-corrected chi connectivity index (χ4v) is 4.09. The van der Waals surface area contributed by atoms with Gasteiger partial charge in [0.2, 0.25) is 0 Å². The molecule has 0 bridgehead atoms. The zero-order valence-electron chi connectivity index (χ0n) is 13.7. The second-order valence-corrected chi connectivity index (χ2v) is 7.25. The van der Waals surface area contributed by atoms with Crippen molar-refractivity contribution in [3.63, 3.8) is 0 Å². The average molecular weight is 392 g/mol. The molecule has 26 heavy (non-hydrogen) atoms. The van der Waals surface area contributed by atoms with E-state index in [-0.39, 0.29) is 10.6 Å². The van der Waals surface area contributed by atoms with Gasteiger partial charge >= 0.3 is 0 Å². The fourth-order valence-electron chi connectivity index (χ4n) is 2.79. The number of aromatic nitrogens is 1. The second-order valence-electron chi connectivity index (χ2n) is 5.83. The molecule has 1 fully saturated rings. The lowest BCUT2D eigenvalue weighted by Gasteiger charge is -2.25. The van der Waals surface area contributed by atoms with E-state index in [2.05, 4.69) is 15.2 Å². The summed E-state index contributed by atoms with van der Waals surface area (Å²) >= 11 is 7.51. The number of rotatable bonds is 3. The smallest absolute Gasteiger partial charge is 0.260 e. The van der Waals surface area contributed by atoms with E-state index in [1.165, 1.54) is 18.2 Å². The van der Waals surface area contributed by atoms with Gasteiger partial charge in [0.15, 0.2) is 5.13 Å². The molecule has 0 atom stereocenters. The average Bonchev–Trinajstić information content (AvgIpc) is 3.06. The van der Waals surface area contributed by atoms with Gasteiger partial charge in [0.05, 0.1) is 34.0 Å². The van der Waals surface area contributed by atoms with Gasteiger partial charge in [-0.2, -0.15) is 0 Å². The van der Waals surface area contributed by atoms with Gasteiger partial charge in [-0.15, -0.1) is 0 Å². The summed E-state index contributed by atoms with van der Waals surface area (Å²) in [6.07, 6.45) is 0. The van der Waals surface area contributed by atoms with Crippen molar-refractivity contribution in [1.82, 2.24) is 4.98 Å². The third kappa shape index (κ3) is 3.38. The molecule has 0 spiro atoms. The molecular formula is C18H15ClFN3O2S. The number of hydrogen-bond acceptors (Lipinski definition) is 5. The first-order valence-electron chi connectivity index (χ1n) is 8.10. The molecule has 2 heterocycles. The monoisotopic (exact) mass is 391 g/mol. The van der Waals surface area contributed by atoms with Crippen LogP contribution in [0.3, 0.4) is 0 Å². The van der Waals surface area contributed by atoms with Crippen molar-refractivity contribution in [2.45, 2.75) is 0 Å². The number of ether oxygens (including phenoxy) is 1. The van der Waals surface area contributed by atoms with E-state index >= 15 is 0 Å². The highest BCUT2D eigenvalue weighted by Gasteiger charge is 2.18. The Morgan fingerprint density at radius 3 is 2.85 bits per heavy atom. The molecule has 1 aliphatic heterocycles. The van der Waals surface area contributed by atoms with Crippen LogP contribution in [-0.2, 0) is 4.74 Å². The van der Waals surface area contributed by atoms with E-state index in [4.69, 9.17) is 16.3 Å². The fraction of sp³-hybridized carbons (Fsp3) is 0.222. The predicted molar refractivity (Wildman–Crippen MR) is 102 cm³/mol. The molecule has 2 aromatic carbocycles. The molecule has 0 aliphatic carbocycles. The maximum Gasteiger partial charge on any atom is 0.260 e. The molecule has 8 heteroatoms. The van der Waals surface area contributed by atoms with E-state index in [9.17, 15) is 9.18 Å². The van der Waals surface area contributed by atoms with Gasteiger partial charge in [0, 0.05) is 18.8 Å². The number of amides is 1. The van der Waals surface area contributed by atoms with Crippen molar-refractivity contribution in [2.24, 2.45) is 0 Å². The summed E-state index contributed by atoms with van der Waals surface area (Å²) in [5.41, 5.74) is 1.27. The molecule has 1 N–H and O–H groups in total. The number of nitrogens with zero attached hydrogens (tertiary/aromatic N) is 2. The Kier molecular flexibility index (Phi) is 4.76. The third-order valence-corrected chi connectivity index (χ3v) is 5.50. The van der Waals surface area contributed by atoms with Crippen LogP contribution in [0, 0.1) is 5.82 Å². The van der Waals surface area contributed by atoms with Crippen LogP contribution in [0.25, 0.3) is 10.2 Å². The number of carbonyl (C=O) groups excluding carboxylic acids is 1. The minimum absolute atomic E-state index is 0.0796. The highest BCUT2D eigenvalue weighted by Crippen LogP contribution is 2.31. The Hall–Kier alpha value is -2.22. The molecule has 0 unspecified atom stereocenters. The number of benzene rings is 2. The molecule has 1 saturated heterocycles. The molecule has 134 valence electrons. The van der Waals surface area contributed by atoms with Gasteiger partial charge in [-0.25, -0.2) is 9.37 Å². The summed E-state index contributed by atoms with van der Waals surface area (Å²) in [4.78, 5) is 19.2. The van der Waals surface area contributed by atoms with Crippen LogP contribution >= 0.6 is 22.9 Å². The number of anilines is 2. The molecule has 0 saturated carbocycles. The Labute approximate surface area is 158 Å². The Balaban J connectivity index is 1.58. The second kappa shape index (κ2) is 7.19. The maximum atomic E-state index is 13.9. The van der Waals surface area contributed by atoms with Crippen molar-refractivity contribution in [3.05, 3.63) is 52.8 Å². The first-order valence-corrected chi connectivity index (χ1v) is 9.30. The first kappa shape index (κ1) is 17.2. The SMILES string of the molecule is O=C(Nc1ccc2nc(N3CCOCC3)sc2c1)c1c(F)cccc1Cl. The van der Waals surface area contributed by atoms with Gasteiger partial charge in [-0.05, 0) is 30.3 Å². The van der Waals surface area contributed by atoms with Gasteiger partial charge in [-0.3, -0.25) is 4.79 Å². The minimum atomic E-state index is -0.650. The molecule has 0 radical (unpaired) electrons. The van der Waals surface area contributed by atoms with Crippen LogP contribution < -0.4 is 10.2 Å². The maximum absolute atomic E-state index is 13.9. The molecule has 4 rings (SSSR count). The summed E-state index contributed by atoms with van der Waals surface area (Å²) in [6, 6.07) is 9.59. The lowest BCUT2D eigenvalue weighted by molar-refractivity contribution is 0.102. The van der Waals surface area contributed by atoms with Gasteiger partial charge in [0.25, 0.3) is 5.91 Å². The summed E-state index contributed by atoms with van der Waals surface area (Å²) in [5, 5.41) is 3.72. The van der Waals surface area contributed by atoms with Crippen molar-refractivity contribution < 1.29 is 13.9 Å². The molecule has 1 aromatic heterocycles. The zero-order chi connectivity index (χ0) is 18.1. The zero-order valence-corrected chi connectivity index (χ0v) is 15.2. The summed E-state index contributed by atoms with van der Waals surface area (Å²) in [6.45, 7) is 3.02. The van der Waals surface area contributed by atoms with Crippen molar-refractivity contribution in [3.8, 4) is 0 Å². The lowest BCUT2D eigenvalue weighted by Crippen LogP contribution is -2.36. The summed E-state index contributed by atoms with van der Waals surface area (Å²) < 4.78 is 20.2. The third-order valence-electron chi connectivity index (χ3n) is 4.11. The van der Waals surface area contributed by atoms with E-state index in [0.717, 1.165) is 28.4 Å². The normalized spacial score (nSPS) is 14.6. The van der Waals surface area contributed by atoms with Gasteiger partial charge in [-0.1, -0.05) is 29.0 Å². The van der Waals surface area contributed by atoms with E-state index in [0.29, 0.717) is 18.9 Å². The summed E-state index contributed by atoms with van der Waals surface area (Å²) in [5.74, 6) is -1.23. The van der Waals surface area contributed by atoms with Gasteiger partial charge in [0.1, 0.15) is 5.82 Å². The topological polar surface area (TPSA) is 54.5 Å². The first-order chi connectivity index (χ1) is 12.6. The van der Waals surface area contributed by atoms with Crippen molar-refractivity contribution in [2.75, 3.05) is 36.5 Å². The van der Waals surface area contributed by atoms with Crippen LogP contribution in [0.5, 0.6) is 0 Å². The Bertz CT molecular complexity index is 952. The highest BCUT2D eigenvalue weighted by atomic mass is 35.5. The van der Waals surface area contributed by atoms with Crippen LogP contribution in [0.4, 0.5) is 15.2 Å². The molecule has 1 amide bonds. The number of fused-ring (bicyclic) bond motifs is 1.